The molecule has 0 saturated carbocycles. The maximum absolute atomic E-state index is 11.9. The number of amides is 1. The van der Waals surface area contributed by atoms with Crippen LogP contribution in [0.5, 0.6) is 0 Å². The van der Waals surface area contributed by atoms with Gasteiger partial charge < -0.3 is 10.0 Å². The lowest BCUT2D eigenvalue weighted by atomic mass is 10.1. The van der Waals surface area contributed by atoms with E-state index >= 15 is 0 Å². The molecule has 0 radical (unpaired) electrons. The molecule has 4 heteroatoms. The Kier molecular flexibility index (Phi) is 2.48. The monoisotopic (exact) mass is 217 g/mol. The summed E-state index contributed by atoms with van der Waals surface area (Å²) in [6, 6.07) is 7.20. The van der Waals surface area contributed by atoms with E-state index in [1.54, 1.807) is 17.0 Å². The molecule has 0 atom stereocenters. The molecule has 1 aliphatic rings. The summed E-state index contributed by atoms with van der Waals surface area (Å²) in [5.74, 6) is -1.35. The van der Waals surface area contributed by atoms with Crippen molar-refractivity contribution in [3.05, 3.63) is 35.9 Å². The lowest BCUT2D eigenvalue weighted by Gasteiger charge is -2.13. The van der Waals surface area contributed by atoms with E-state index in [0.717, 1.165) is 11.8 Å². The molecule has 1 aliphatic heterocycles. The van der Waals surface area contributed by atoms with E-state index < -0.39 is 5.97 Å². The Morgan fingerprint density at radius 1 is 1.44 bits per heavy atom. The molecule has 0 unspecified atom stereocenters. The van der Waals surface area contributed by atoms with Gasteiger partial charge in [0.15, 0.2) is 0 Å². The number of likely N-dealkylation sites (N-methyl/N-ethyl adjacent to an activating group) is 1. The fourth-order valence-electron chi connectivity index (χ4n) is 1.88. The van der Waals surface area contributed by atoms with E-state index in [-0.39, 0.29) is 11.5 Å². The molecule has 2 rings (SSSR count). The first-order valence-corrected chi connectivity index (χ1v) is 5.01. The average molecular weight is 217 g/mol. The summed E-state index contributed by atoms with van der Waals surface area (Å²) in [5, 5.41) is 8.73. The van der Waals surface area contributed by atoms with Crippen LogP contribution in [-0.4, -0.2) is 23.5 Å². The third-order valence-corrected chi connectivity index (χ3v) is 2.54. The number of rotatable bonds is 2. The second-order valence-electron chi connectivity index (χ2n) is 3.46. The lowest BCUT2D eigenvalue weighted by Crippen LogP contribution is -2.25. The first kappa shape index (κ1) is 10.4. The van der Waals surface area contributed by atoms with Crippen LogP contribution in [-0.2, 0) is 9.59 Å². The molecule has 4 nitrogen and oxygen atoms in total. The standard InChI is InChI=1S/C12H11NO3/c1-2-13-10-6-4-3-5-8(10)9(12(13)16)7-11(14)15/h3-7H,2H2,1H3,(H,14,15)/b9-7-. The molecular weight excluding hydrogens is 206 g/mol. The highest BCUT2D eigenvalue weighted by Crippen LogP contribution is 2.35. The van der Waals surface area contributed by atoms with E-state index in [2.05, 4.69) is 0 Å². The Bertz CT molecular complexity index is 491. The van der Waals surface area contributed by atoms with Crippen LogP contribution in [0.25, 0.3) is 5.57 Å². The van der Waals surface area contributed by atoms with Gasteiger partial charge in [0, 0.05) is 18.2 Å². The van der Waals surface area contributed by atoms with E-state index in [1.165, 1.54) is 0 Å². The van der Waals surface area contributed by atoms with Gasteiger partial charge in [-0.15, -0.1) is 0 Å². The second kappa shape index (κ2) is 3.81. The minimum absolute atomic E-state index is 0.244. The van der Waals surface area contributed by atoms with Crippen LogP contribution in [0.2, 0.25) is 0 Å². The van der Waals surface area contributed by atoms with Gasteiger partial charge in [0.1, 0.15) is 0 Å². The van der Waals surface area contributed by atoms with Crippen LogP contribution in [0.15, 0.2) is 30.3 Å². The van der Waals surface area contributed by atoms with Crippen molar-refractivity contribution < 1.29 is 14.7 Å². The number of nitrogens with zero attached hydrogens (tertiary/aromatic N) is 1. The number of hydrogen-bond donors (Lipinski definition) is 1. The van der Waals surface area contributed by atoms with Crippen molar-refractivity contribution >= 4 is 23.1 Å². The second-order valence-corrected chi connectivity index (χ2v) is 3.46. The van der Waals surface area contributed by atoms with E-state index in [9.17, 15) is 9.59 Å². The molecule has 1 N–H and O–H groups in total. The maximum atomic E-state index is 11.9. The summed E-state index contributed by atoms with van der Waals surface area (Å²) in [4.78, 5) is 24.2. The van der Waals surface area contributed by atoms with Crippen LogP contribution < -0.4 is 4.90 Å². The van der Waals surface area contributed by atoms with Crippen LogP contribution in [0, 0.1) is 0 Å². The molecule has 1 aromatic rings. The zero-order valence-corrected chi connectivity index (χ0v) is 8.80. The van der Waals surface area contributed by atoms with Gasteiger partial charge in [-0.1, -0.05) is 18.2 Å². The Hall–Kier alpha value is -2.10. The van der Waals surface area contributed by atoms with Gasteiger partial charge in [0.05, 0.1) is 11.3 Å². The fourth-order valence-corrected chi connectivity index (χ4v) is 1.88. The summed E-state index contributed by atoms with van der Waals surface area (Å²) in [6.45, 7) is 2.39. The Balaban J connectivity index is 2.59. The van der Waals surface area contributed by atoms with Crippen molar-refractivity contribution in [1.29, 1.82) is 0 Å². The first-order chi connectivity index (χ1) is 7.65. The van der Waals surface area contributed by atoms with Gasteiger partial charge in [0.25, 0.3) is 5.91 Å². The number of aliphatic carboxylic acids is 1. The maximum Gasteiger partial charge on any atom is 0.329 e. The van der Waals surface area contributed by atoms with Crippen molar-refractivity contribution in [3.8, 4) is 0 Å². The number of benzene rings is 1. The van der Waals surface area contributed by atoms with Gasteiger partial charge in [-0.2, -0.15) is 0 Å². The number of carbonyl (C=O) groups excluding carboxylic acids is 1. The molecule has 1 amide bonds. The van der Waals surface area contributed by atoms with Gasteiger partial charge in [-0.25, -0.2) is 4.79 Å². The Labute approximate surface area is 92.8 Å². The van der Waals surface area contributed by atoms with Crippen LogP contribution in [0.3, 0.4) is 0 Å². The normalized spacial score (nSPS) is 16.7. The van der Waals surface area contributed by atoms with E-state index in [4.69, 9.17) is 5.11 Å². The third kappa shape index (κ3) is 1.48. The average Bonchev–Trinajstić information content (AvgIpc) is 2.52. The molecule has 0 saturated heterocycles. The number of carbonyl (C=O) groups is 2. The largest absolute Gasteiger partial charge is 0.478 e. The molecule has 0 spiro atoms. The van der Waals surface area contributed by atoms with Gasteiger partial charge >= 0.3 is 5.97 Å². The topological polar surface area (TPSA) is 57.6 Å². The number of carboxylic acids is 1. The van der Waals surface area contributed by atoms with Gasteiger partial charge in [-0.05, 0) is 13.0 Å². The Morgan fingerprint density at radius 2 is 2.12 bits per heavy atom. The third-order valence-electron chi connectivity index (χ3n) is 2.54. The first-order valence-electron chi connectivity index (χ1n) is 5.01. The number of anilines is 1. The Morgan fingerprint density at radius 3 is 2.75 bits per heavy atom. The molecular formula is C12H11NO3. The van der Waals surface area contributed by atoms with Crippen LogP contribution >= 0.6 is 0 Å². The quantitative estimate of drug-likeness (QED) is 0.764. The minimum atomic E-state index is -1.10. The summed E-state index contributed by atoms with van der Waals surface area (Å²) in [5.41, 5.74) is 1.73. The highest BCUT2D eigenvalue weighted by molar-refractivity contribution is 6.34. The lowest BCUT2D eigenvalue weighted by molar-refractivity contribution is -0.131. The van der Waals surface area contributed by atoms with Gasteiger partial charge in [-0.3, -0.25) is 4.79 Å². The van der Waals surface area contributed by atoms with Crippen molar-refractivity contribution in [2.24, 2.45) is 0 Å². The zero-order valence-electron chi connectivity index (χ0n) is 8.80. The molecule has 0 aliphatic carbocycles. The molecule has 1 heterocycles. The highest BCUT2D eigenvalue weighted by atomic mass is 16.4. The molecule has 1 aromatic carbocycles. The van der Waals surface area contributed by atoms with Crippen LogP contribution in [0.4, 0.5) is 5.69 Å². The molecule has 82 valence electrons. The van der Waals surface area contributed by atoms with Crippen LogP contribution in [0.1, 0.15) is 12.5 Å². The highest BCUT2D eigenvalue weighted by Gasteiger charge is 2.31. The number of para-hydroxylation sites is 1. The predicted octanol–water partition coefficient (Wildman–Crippen LogP) is 1.52. The zero-order chi connectivity index (χ0) is 11.7. The van der Waals surface area contributed by atoms with Crippen molar-refractivity contribution in [2.45, 2.75) is 6.92 Å². The number of hydrogen-bond acceptors (Lipinski definition) is 2. The minimum Gasteiger partial charge on any atom is -0.478 e. The smallest absolute Gasteiger partial charge is 0.329 e. The summed E-state index contributed by atoms with van der Waals surface area (Å²) in [6.07, 6.45) is 0.969. The molecule has 0 bridgehead atoms. The molecule has 0 aromatic heterocycles. The SMILES string of the molecule is CCN1C(=O)/C(=C\C(=O)O)c2ccccc21. The van der Waals surface area contributed by atoms with E-state index in [0.29, 0.717) is 12.1 Å². The summed E-state index contributed by atoms with van der Waals surface area (Å²) < 4.78 is 0. The van der Waals surface area contributed by atoms with Crippen molar-refractivity contribution in [1.82, 2.24) is 0 Å². The van der Waals surface area contributed by atoms with E-state index in [1.807, 2.05) is 19.1 Å². The molecule has 16 heavy (non-hydrogen) atoms. The predicted molar refractivity (Wildman–Crippen MR) is 60.1 cm³/mol. The summed E-state index contributed by atoms with van der Waals surface area (Å²) >= 11 is 0. The van der Waals surface area contributed by atoms with Gasteiger partial charge in [0.2, 0.25) is 0 Å². The number of carboxylic acid groups (broad SMARTS) is 1. The van der Waals surface area contributed by atoms with Crippen molar-refractivity contribution in [2.75, 3.05) is 11.4 Å². The number of fused-ring (bicyclic) bond motifs is 1. The van der Waals surface area contributed by atoms with Crippen molar-refractivity contribution in [3.63, 3.8) is 0 Å². The summed E-state index contributed by atoms with van der Waals surface area (Å²) in [7, 11) is 0. The fraction of sp³-hybridized carbons (Fsp3) is 0.167. The molecule has 0 fully saturated rings.